The van der Waals surface area contributed by atoms with Crippen molar-refractivity contribution in [1.82, 2.24) is 19.7 Å². The second kappa shape index (κ2) is 13.7. The van der Waals surface area contributed by atoms with Crippen molar-refractivity contribution in [1.29, 1.82) is 0 Å². The highest BCUT2D eigenvalue weighted by atomic mass is 35.5. The molecule has 2 aliphatic heterocycles. The lowest BCUT2D eigenvalue weighted by atomic mass is 9.79. The second-order valence-corrected chi connectivity index (χ2v) is 12.2. The fraction of sp³-hybridized carbons (Fsp3) is 0.552. The first kappa shape index (κ1) is 33.8. The summed E-state index contributed by atoms with van der Waals surface area (Å²) in [7, 11) is 0. The number of pyridine rings is 1. The van der Waals surface area contributed by atoms with Gasteiger partial charge in [0.2, 0.25) is 11.8 Å². The third-order valence-corrected chi connectivity index (χ3v) is 9.36. The van der Waals surface area contributed by atoms with Crippen LogP contribution in [0, 0.1) is 5.92 Å². The molecule has 0 unspecified atom stereocenters. The van der Waals surface area contributed by atoms with Gasteiger partial charge < -0.3 is 9.80 Å². The first-order valence-corrected chi connectivity index (χ1v) is 14.4. The maximum absolute atomic E-state index is 13.6. The standard InChI is InChI=1S/C29H34Cl2F2N4O2.2ClH/c1-28(9-13-35(14-10-28)27(39)25-23(30)17-34-18-24(25)31)36-11-7-22(8-12-36)37(19-20-5-3-2-4-6-20)26(38)21-15-29(32,33)16-21;;/h2-6,17-18,21-22H,7-16,19H2,1H3;2*1H. The highest BCUT2D eigenvalue weighted by molar-refractivity contribution is 6.39. The fourth-order valence-electron chi connectivity index (χ4n) is 6.24. The number of alkyl halides is 2. The van der Waals surface area contributed by atoms with Crippen LogP contribution in [-0.2, 0) is 11.3 Å². The van der Waals surface area contributed by atoms with Gasteiger partial charge in [0.15, 0.2) is 0 Å². The van der Waals surface area contributed by atoms with Crippen LogP contribution in [-0.4, -0.2) is 75.2 Å². The summed E-state index contributed by atoms with van der Waals surface area (Å²) in [5, 5.41) is 0.506. The van der Waals surface area contributed by atoms with E-state index in [0.717, 1.165) is 44.3 Å². The third-order valence-electron chi connectivity index (χ3n) is 8.78. The zero-order chi connectivity index (χ0) is 27.8. The molecular weight excluding hydrogens is 616 g/mol. The van der Waals surface area contributed by atoms with Crippen molar-refractivity contribution >= 4 is 59.8 Å². The van der Waals surface area contributed by atoms with Crippen LogP contribution in [0.15, 0.2) is 42.7 Å². The van der Waals surface area contributed by atoms with Gasteiger partial charge in [-0.3, -0.25) is 19.5 Å². The highest BCUT2D eigenvalue weighted by Gasteiger charge is 2.50. The molecule has 226 valence electrons. The van der Waals surface area contributed by atoms with Crippen molar-refractivity contribution in [3.05, 3.63) is 63.9 Å². The second-order valence-electron chi connectivity index (χ2n) is 11.4. The van der Waals surface area contributed by atoms with Gasteiger partial charge in [-0.25, -0.2) is 8.78 Å². The highest BCUT2D eigenvalue weighted by Crippen LogP contribution is 2.44. The Morgan fingerprint density at radius 3 is 2.07 bits per heavy atom. The average molecular weight is 652 g/mol. The molecule has 1 saturated carbocycles. The largest absolute Gasteiger partial charge is 0.338 e. The number of amides is 2. The quantitative estimate of drug-likeness (QED) is 0.346. The van der Waals surface area contributed by atoms with E-state index >= 15 is 0 Å². The summed E-state index contributed by atoms with van der Waals surface area (Å²) in [6.45, 7) is 5.51. The van der Waals surface area contributed by atoms with Gasteiger partial charge in [0.05, 0.1) is 15.6 Å². The fourth-order valence-corrected chi connectivity index (χ4v) is 6.76. The van der Waals surface area contributed by atoms with Gasteiger partial charge in [-0.1, -0.05) is 53.5 Å². The van der Waals surface area contributed by atoms with E-state index in [2.05, 4.69) is 16.8 Å². The van der Waals surface area contributed by atoms with Crippen LogP contribution in [0.1, 0.15) is 61.4 Å². The number of halogens is 6. The smallest absolute Gasteiger partial charge is 0.257 e. The van der Waals surface area contributed by atoms with Crippen LogP contribution in [0.2, 0.25) is 10.0 Å². The van der Waals surface area contributed by atoms with E-state index < -0.39 is 11.8 Å². The number of benzene rings is 1. The molecule has 0 bridgehead atoms. The van der Waals surface area contributed by atoms with Crippen molar-refractivity contribution in [2.24, 2.45) is 5.92 Å². The molecule has 1 aromatic heterocycles. The summed E-state index contributed by atoms with van der Waals surface area (Å²) in [5.74, 6) is -3.64. The molecule has 3 aliphatic rings. The van der Waals surface area contributed by atoms with Crippen molar-refractivity contribution in [2.45, 2.75) is 69.5 Å². The molecule has 1 aliphatic carbocycles. The van der Waals surface area contributed by atoms with Crippen molar-refractivity contribution < 1.29 is 18.4 Å². The molecule has 0 spiro atoms. The minimum absolute atomic E-state index is 0. The van der Waals surface area contributed by atoms with Crippen LogP contribution >= 0.6 is 48.0 Å². The van der Waals surface area contributed by atoms with Gasteiger partial charge in [0.25, 0.3) is 5.91 Å². The Labute approximate surface area is 262 Å². The van der Waals surface area contributed by atoms with Gasteiger partial charge >= 0.3 is 0 Å². The number of nitrogens with zero attached hydrogens (tertiary/aromatic N) is 4. The number of hydrogen-bond acceptors (Lipinski definition) is 4. The van der Waals surface area contributed by atoms with Crippen molar-refractivity contribution in [2.75, 3.05) is 26.2 Å². The molecule has 2 saturated heterocycles. The summed E-state index contributed by atoms with van der Waals surface area (Å²) in [4.78, 5) is 36.5. The van der Waals surface area contributed by atoms with Gasteiger partial charge in [-0.05, 0) is 38.2 Å². The van der Waals surface area contributed by atoms with E-state index in [0.29, 0.717) is 25.2 Å². The number of hydrogen-bond donors (Lipinski definition) is 0. The maximum atomic E-state index is 13.6. The van der Waals surface area contributed by atoms with E-state index in [1.165, 1.54) is 12.4 Å². The Morgan fingerprint density at radius 2 is 1.54 bits per heavy atom. The topological polar surface area (TPSA) is 56.8 Å². The van der Waals surface area contributed by atoms with Crippen molar-refractivity contribution in [3.63, 3.8) is 0 Å². The number of carbonyl (C=O) groups is 2. The molecule has 12 heteroatoms. The molecule has 0 atom stereocenters. The number of aromatic nitrogens is 1. The number of carbonyl (C=O) groups excluding carboxylic acids is 2. The van der Waals surface area contributed by atoms with Gasteiger partial charge in [-0.2, -0.15) is 0 Å². The summed E-state index contributed by atoms with van der Waals surface area (Å²) in [6.07, 6.45) is 5.38. The number of rotatable bonds is 6. The Bertz CT molecular complexity index is 1180. The summed E-state index contributed by atoms with van der Waals surface area (Å²) in [5.41, 5.74) is 1.24. The summed E-state index contributed by atoms with van der Waals surface area (Å²) in [6, 6.07) is 9.78. The molecule has 41 heavy (non-hydrogen) atoms. The lowest BCUT2D eigenvalue weighted by molar-refractivity contribution is -0.163. The normalized spacial score (nSPS) is 20.8. The van der Waals surface area contributed by atoms with Crippen LogP contribution in [0.25, 0.3) is 0 Å². The van der Waals surface area contributed by atoms with Crippen molar-refractivity contribution in [3.8, 4) is 0 Å². The zero-order valence-electron chi connectivity index (χ0n) is 22.9. The molecule has 1 aromatic carbocycles. The van der Waals surface area contributed by atoms with E-state index in [4.69, 9.17) is 23.2 Å². The molecule has 0 radical (unpaired) electrons. The average Bonchev–Trinajstić information content (AvgIpc) is 2.91. The molecular formula is C29H36Cl4F2N4O2. The summed E-state index contributed by atoms with van der Waals surface area (Å²) < 4.78 is 27.2. The van der Waals surface area contributed by atoms with Crippen LogP contribution in [0.4, 0.5) is 8.78 Å². The van der Waals surface area contributed by atoms with Crippen LogP contribution < -0.4 is 0 Å². The van der Waals surface area contributed by atoms with Gasteiger partial charge in [0.1, 0.15) is 0 Å². The number of likely N-dealkylation sites (tertiary alicyclic amines) is 2. The molecule has 6 nitrogen and oxygen atoms in total. The summed E-state index contributed by atoms with van der Waals surface area (Å²) >= 11 is 12.4. The zero-order valence-corrected chi connectivity index (χ0v) is 26.1. The maximum Gasteiger partial charge on any atom is 0.257 e. The Kier molecular flexibility index (Phi) is 11.3. The van der Waals surface area contributed by atoms with Gasteiger partial charge in [-0.15, -0.1) is 24.8 Å². The van der Waals surface area contributed by atoms with E-state index in [1.807, 2.05) is 35.2 Å². The lowest BCUT2D eigenvalue weighted by Gasteiger charge is -2.50. The Morgan fingerprint density at radius 1 is 0.976 bits per heavy atom. The van der Waals surface area contributed by atoms with E-state index in [9.17, 15) is 18.4 Å². The molecule has 5 rings (SSSR count). The molecule has 2 amide bonds. The molecule has 0 N–H and O–H groups in total. The first-order valence-electron chi connectivity index (χ1n) is 13.6. The molecule has 2 aromatic rings. The van der Waals surface area contributed by atoms with Crippen LogP contribution in [0.3, 0.4) is 0 Å². The first-order chi connectivity index (χ1) is 18.6. The minimum Gasteiger partial charge on any atom is -0.338 e. The SMILES string of the molecule is CC1(N2CCC(N(Cc3ccccc3)C(=O)C3CC(F)(F)C3)CC2)CCN(C(=O)c2c(Cl)cncc2Cl)CC1.Cl.Cl. The van der Waals surface area contributed by atoms with E-state index in [-0.39, 0.29) is 71.1 Å². The van der Waals surface area contributed by atoms with Crippen LogP contribution in [0.5, 0.6) is 0 Å². The predicted molar refractivity (Wildman–Crippen MR) is 162 cm³/mol. The number of piperidine rings is 2. The Balaban J connectivity index is 0.00000231. The molecule has 3 heterocycles. The van der Waals surface area contributed by atoms with E-state index in [1.54, 1.807) is 4.90 Å². The van der Waals surface area contributed by atoms with Gasteiger partial charge in [0, 0.05) is 75.5 Å². The minimum atomic E-state index is -2.72. The predicted octanol–water partition coefficient (Wildman–Crippen LogP) is 6.77. The monoisotopic (exact) mass is 650 g/mol. The molecule has 3 fully saturated rings. The Hall–Kier alpha value is -1.71. The third kappa shape index (κ3) is 7.45. The lowest BCUT2D eigenvalue weighted by Crippen LogP contribution is -2.59.